The van der Waals surface area contributed by atoms with E-state index in [-0.39, 0.29) is 17.4 Å². The van der Waals surface area contributed by atoms with Gasteiger partial charge >= 0.3 is 0 Å². The Morgan fingerprint density at radius 2 is 1.96 bits per heavy atom. The van der Waals surface area contributed by atoms with Crippen LogP contribution in [-0.2, 0) is 4.79 Å². The summed E-state index contributed by atoms with van der Waals surface area (Å²) in [7, 11) is 0. The predicted octanol–water partition coefficient (Wildman–Crippen LogP) is 2.44. The summed E-state index contributed by atoms with van der Waals surface area (Å²) in [4.78, 5) is 12.1. The summed E-state index contributed by atoms with van der Waals surface area (Å²) in [6.45, 7) is 1.90. The van der Waals surface area contributed by atoms with Crippen LogP contribution in [0.5, 0.6) is 11.5 Å². The Bertz CT molecular complexity index is 687. The second kappa shape index (κ2) is 7.84. The lowest BCUT2D eigenvalue weighted by molar-refractivity contribution is -0.121. The molecule has 120 valence electrons. The maximum absolute atomic E-state index is 12.1. The summed E-state index contributed by atoms with van der Waals surface area (Å²) in [5, 5.41) is 25.8. The van der Waals surface area contributed by atoms with Crippen molar-refractivity contribution < 1.29 is 15.0 Å². The van der Waals surface area contributed by atoms with Gasteiger partial charge in [-0.25, -0.2) is 5.43 Å². The molecule has 23 heavy (non-hydrogen) atoms. The van der Waals surface area contributed by atoms with Crippen LogP contribution in [0.1, 0.15) is 18.9 Å². The Kier molecular flexibility index (Phi) is 5.57. The number of nitrogens with one attached hydrogen (secondary N) is 2. The van der Waals surface area contributed by atoms with Crippen LogP contribution in [0, 0.1) is 0 Å². The SMILES string of the molecule is CC[C@@H](Nc1ccccc1)C(=O)N/N=C\c1ccc(O)cc1O. The van der Waals surface area contributed by atoms with Crippen LogP contribution in [0.25, 0.3) is 0 Å². The van der Waals surface area contributed by atoms with Crippen LogP contribution >= 0.6 is 0 Å². The number of hydrazone groups is 1. The summed E-state index contributed by atoms with van der Waals surface area (Å²) in [5.41, 5.74) is 3.69. The van der Waals surface area contributed by atoms with Gasteiger partial charge in [0.2, 0.25) is 0 Å². The summed E-state index contributed by atoms with van der Waals surface area (Å²) >= 11 is 0. The van der Waals surface area contributed by atoms with Crippen molar-refractivity contribution in [3.05, 3.63) is 54.1 Å². The maximum atomic E-state index is 12.1. The molecule has 4 N–H and O–H groups in total. The smallest absolute Gasteiger partial charge is 0.262 e. The minimum atomic E-state index is -0.414. The van der Waals surface area contributed by atoms with E-state index < -0.39 is 6.04 Å². The van der Waals surface area contributed by atoms with Crippen molar-refractivity contribution in [1.29, 1.82) is 0 Å². The largest absolute Gasteiger partial charge is 0.508 e. The first-order chi connectivity index (χ1) is 11.1. The summed E-state index contributed by atoms with van der Waals surface area (Å²) < 4.78 is 0. The Morgan fingerprint density at radius 3 is 2.61 bits per heavy atom. The molecule has 1 amide bonds. The van der Waals surface area contributed by atoms with Crippen molar-refractivity contribution in [2.45, 2.75) is 19.4 Å². The van der Waals surface area contributed by atoms with Crippen LogP contribution in [0.15, 0.2) is 53.6 Å². The van der Waals surface area contributed by atoms with Crippen molar-refractivity contribution in [2.75, 3.05) is 5.32 Å². The highest BCUT2D eigenvalue weighted by Gasteiger charge is 2.15. The third-order valence-corrected chi connectivity index (χ3v) is 3.23. The molecule has 0 aromatic heterocycles. The summed E-state index contributed by atoms with van der Waals surface area (Å²) in [5.74, 6) is -0.426. The van der Waals surface area contributed by atoms with Gasteiger partial charge in [0.05, 0.1) is 6.21 Å². The van der Waals surface area contributed by atoms with Gasteiger partial charge in [-0.2, -0.15) is 5.10 Å². The van der Waals surface area contributed by atoms with Gasteiger partial charge in [0.25, 0.3) is 5.91 Å². The highest BCUT2D eigenvalue weighted by molar-refractivity contribution is 5.88. The van der Waals surface area contributed by atoms with Gasteiger partial charge in [-0.05, 0) is 30.7 Å². The highest BCUT2D eigenvalue weighted by atomic mass is 16.3. The van der Waals surface area contributed by atoms with E-state index in [0.717, 1.165) is 5.69 Å². The first-order valence-corrected chi connectivity index (χ1v) is 7.26. The van der Waals surface area contributed by atoms with Crippen LogP contribution in [0.4, 0.5) is 5.69 Å². The van der Waals surface area contributed by atoms with Crippen LogP contribution < -0.4 is 10.7 Å². The third-order valence-electron chi connectivity index (χ3n) is 3.23. The number of para-hydroxylation sites is 1. The Morgan fingerprint density at radius 1 is 1.22 bits per heavy atom. The number of hydrogen-bond donors (Lipinski definition) is 4. The van der Waals surface area contributed by atoms with Crippen molar-refractivity contribution in [3.8, 4) is 11.5 Å². The minimum absolute atomic E-state index is 0.0400. The number of benzene rings is 2. The van der Waals surface area contributed by atoms with E-state index in [0.29, 0.717) is 12.0 Å². The number of aromatic hydroxyl groups is 2. The van der Waals surface area contributed by atoms with Crippen molar-refractivity contribution >= 4 is 17.8 Å². The lowest BCUT2D eigenvalue weighted by Crippen LogP contribution is -2.36. The second-order valence-electron chi connectivity index (χ2n) is 4.95. The number of carbonyl (C=O) groups is 1. The summed E-state index contributed by atoms with van der Waals surface area (Å²) in [6.07, 6.45) is 1.92. The molecule has 0 spiro atoms. The van der Waals surface area contributed by atoms with Gasteiger partial charge in [-0.15, -0.1) is 0 Å². The standard InChI is InChI=1S/C17H19N3O3/c1-2-15(19-13-6-4-3-5-7-13)17(23)20-18-11-12-8-9-14(21)10-16(12)22/h3-11,15,19,21-22H,2H2,1H3,(H,20,23)/b18-11-/t15-/m1/s1. The van der Waals surface area contributed by atoms with Crippen LogP contribution in [0.3, 0.4) is 0 Å². The normalized spacial score (nSPS) is 12.0. The van der Waals surface area contributed by atoms with E-state index in [9.17, 15) is 15.0 Å². The number of phenolic OH excluding ortho intramolecular Hbond substituents is 2. The second-order valence-corrected chi connectivity index (χ2v) is 4.95. The van der Waals surface area contributed by atoms with E-state index in [2.05, 4.69) is 15.8 Å². The minimum Gasteiger partial charge on any atom is -0.508 e. The van der Waals surface area contributed by atoms with Crippen LogP contribution in [-0.4, -0.2) is 28.4 Å². The fourth-order valence-electron chi connectivity index (χ4n) is 1.97. The van der Waals surface area contributed by atoms with Crippen LogP contribution in [0.2, 0.25) is 0 Å². The molecule has 0 fully saturated rings. The maximum Gasteiger partial charge on any atom is 0.262 e. The van der Waals surface area contributed by atoms with Crippen molar-refractivity contribution in [2.24, 2.45) is 5.10 Å². The molecule has 0 unspecified atom stereocenters. The molecule has 0 aliphatic rings. The van der Waals surface area contributed by atoms with Gasteiger partial charge in [-0.1, -0.05) is 25.1 Å². The molecular formula is C17H19N3O3. The average Bonchev–Trinajstić information content (AvgIpc) is 2.55. The molecule has 0 heterocycles. The fourth-order valence-corrected chi connectivity index (χ4v) is 1.97. The first kappa shape index (κ1) is 16.4. The van der Waals surface area contributed by atoms with Gasteiger partial charge in [0.15, 0.2) is 0 Å². The summed E-state index contributed by atoms with van der Waals surface area (Å²) in [6, 6.07) is 13.2. The molecule has 0 bridgehead atoms. The molecule has 2 rings (SSSR count). The van der Waals surface area contributed by atoms with Gasteiger partial charge in [-0.3, -0.25) is 4.79 Å². The highest BCUT2D eigenvalue weighted by Crippen LogP contribution is 2.20. The lowest BCUT2D eigenvalue weighted by Gasteiger charge is -2.16. The topological polar surface area (TPSA) is 94.0 Å². The lowest BCUT2D eigenvalue weighted by atomic mass is 10.2. The molecule has 0 saturated heterocycles. The zero-order chi connectivity index (χ0) is 16.7. The molecule has 2 aromatic carbocycles. The fraction of sp³-hybridized carbons (Fsp3) is 0.176. The zero-order valence-corrected chi connectivity index (χ0v) is 12.7. The van der Waals surface area contributed by atoms with Gasteiger partial charge in [0.1, 0.15) is 17.5 Å². The number of nitrogens with zero attached hydrogens (tertiary/aromatic N) is 1. The number of phenols is 2. The number of rotatable bonds is 6. The zero-order valence-electron chi connectivity index (χ0n) is 12.7. The molecule has 0 aliphatic heterocycles. The van der Waals surface area contributed by atoms with E-state index in [4.69, 9.17) is 0 Å². The first-order valence-electron chi connectivity index (χ1n) is 7.26. The molecule has 6 nitrogen and oxygen atoms in total. The molecule has 6 heteroatoms. The van der Waals surface area contributed by atoms with Gasteiger partial charge < -0.3 is 15.5 Å². The van der Waals surface area contributed by atoms with E-state index >= 15 is 0 Å². The Balaban J connectivity index is 1.95. The van der Waals surface area contributed by atoms with Crippen molar-refractivity contribution in [3.63, 3.8) is 0 Å². The average molecular weight is 313 g/mol. The molecule has 0 saturated carbocycles. The molecule has 0 aliphatic carbocycles. The molecule has 0 radical (unpaired) electrons. The Hall–Kier alpha value is -3.02. The number of anilines is 1. The van der Waals surface area contributed by atoms with Crippen molar-refractivity contribution in [1.82, 2.24) is 5.43 Å². The quantitative estimate of drug-likeness (QED) is 0.487. The third kappa shape index (κ3) is 4.74. The number of carbonyl (C=O) groups excluding carboxylic acids is 1. The number of amides is 1. The molecular weight excluding hydrogens is 294 g/mol. The van der Waals surface area contributed by atoms with E-state index in [1.165, 1.54) is 24.4 Å². The molecule has 1 atom stereocenters. The Labute approximate surface area is 134 Å². The van der Waals surface area contributed by atoms with Gasteiger partial charge in [0, 0.05) is 17.3 Å². The predicted molar refractivity (Wildman–Crippen MR) is 89.7 cm³/mol. The number of hydrogen-bond acceptors (Lipinski definition) is 5. The molecule has 2 aromatic rings. The monoisotopic (exact) mass is 313 g/mol. The van der Waals surface area contributed by atoms with E-state index in [1.54, 1.807) is 0 Å². The van der Waals surface area contributed by atoms with E-state index in [1.807, 2.05) is 37.3 Å².